The topological polar surface area (TPSA) is 51.8 Å². The third kappa shape index (κ3) is 6.02. The molecule has 5 heteroatoms. The summed E-state index contributed by atoms with van der Waals surface area (Å²) in [6, 6.07) is 64.5. The summed E-state index contributed by atoms with van der Waals surface area (Å²) in [7, 11) is 0. The molecule has 282 valence electrons. The number of aromatic nitrogens is 3. The predicted molar refractivity (Wildman–Crippen MR) is 250 cm³/mol. The highest BCUT2D eigenvalue weighted by Gasteiger charge is 2.22. The number of rotatable bonds is 6. The summed E-state index contributed by atoms with van der Waals surface area (Å²) in [5, 5.41) is 5.94. The third-order valence-corrected chi connectivity index (χ3v) is 13.0. The van der Waals surface area contributed by atoms with Crippen LogP contribution in [0.15, 0.2) is 186 Å². The Labute approximate surface area is 350 Å². The minimum absolute atomic E-state index is 0.635. The van der Waals surface area contributed by atoms with Crippen LogP contribution in [0, 0.1) is 0 Å². The molecular formula is C55H35N3OS. The minimum atomic E-state index is 0.635. The van der Waals surface area contributed by atoms with E-state index in [0.29, 0.717) is 17.5 Å². The summed E-state index contributed by atoms with van der Waals surface area (Å²) in [4.78, 5) is 15.5. The van der Waals surface area contributed by atoms with Crippen LogP contribution in [0.25, 0.3) is 110 Å². The normalized spacial score (nSPS) is 12.6. The highest BCUT2D eigenvalue weighted by atomic mass is 32.1. The van der Waals surface area contributed by atoms with E-state index in [9.17, 15) is 0 Å². The molecule has 12 rings (SSSR count). The van der Waals surface area contributed by atoms with Gasteiger partial charge in [0.05, 0.1) is 0 Å². The van der Waals surface area contributed by atoms with Gasteiger partial charge in [-0.1, -0.05) is 152 Å². The first-order chi connectivity index (χ1) is 29.7. The van der Waals surface area contributed by atoms with E-state index in [0.717, 1.165) is 73.7 Å². The van der Waals surface area contributed by atoms with Crippen molar-refractivity contribution in [3.05, 3.63) is 199 Å². The second-order valence-electron chi connectivity index (χ2n) is 15.5. The molecule has 0 atom stereocenters. The van der Waals surface area contributed by atoms with Crippen molar-refractivity contribution in [3.63, 3.8) is 0 Å². The number of hydrogen-bond donors (Lipinski definition) is 0. The maximum absolute atomic E-state index is 6.50. The standard InChI is InChI=1S/C55H35N3OS/c1-3-10-34(11-4-1)36-18-22-38(23-19-36)53-56-54(58-55(57-53)42-26-28-46-45-14-7-8-17-50(45)60-51(46)33-42)41-25-21-37-20-24-40(30-43(37)31-41)44-15-9-16-49-52(44)47-32-39(27-29-48(47)59-49)35-12-5-2-6-13-35/h1-26,28,30-33H,27,29H2. The fraction of sp³-hybridized carbons (Fsp3) is 0.0364. The molecule has 3 aromatic heterocycles. The zero-order valence-corrected chi connectivity index (χ0v) is 33.3. The summed E-state index contributed by atoms with van der Waals surface area (Å²) >= 11 is 1.80. The second-order valence-corrected chi connectivity index (χ2v) is 16.6. The lowest BCUT2D eigenvalue weighted by Crippen LogP contribution is -2.00. The fourth-order valence-corrected chi connectivity index (χ4v) is 9.94. The number of thiophene rings is 1. The van der Waals surface area contributed by atoms with Gasteiger partial charge in [-0.25, -0.2) is 15.0 Å². The van der Waals surface area contributed by atoms with E-state index in [2.05, 4.69) is 182 Å². The van der Waals surface area contributed by atoms with E-state index in [-0.39, 0.29) is 0 Å². The van der Waals surface area contributed by atoms with E-state index in [4.69, 9.17) is 19.4 Å². The van der Waals surface area contributed by atoms with Crippen molar-refractivity contribution >= 4 is 64.9 Å². The maximum atomic E-state index is 6.50. The van der Waals surface area contributed by atoms with Crippen LogP contribution in [-0.2, 0) is 6.42 Å². The Morgan fingerprint density at radius 1 is 0.417 bits per heavy atom. The van der Waals surface area contributed by atoms with Crippen LogP contribution in [-0.4, -0.2) is 15.0 Å². The molecule has 8 aromatic carbocycles. The summed E-state index contributed by atoms with van der Waals surface area (Å²) in [6.45, 7) is 0. The van der Waals surface area contributed by atoms with Crippen molar-refractivity contribution in [2.45, 2.75) is 12.8 Å². The highest BCUT2D eigenvalue weighted by molar-refractivity contribution is 7.25. The number of nitrogens with zero attached hydrogens (tertiary/aromatic N) is 3. The lowest BCUT2D eigenvalue weighted by molar-refractivity contribution is 0.548. The summed E-state index contributed by atoms with van der Waals surface area (Å²) < 4.78 is 8.98. The number of aryl methyl sites for hydroxylation is 1. The zero-order chi connectivity index (χ0) is 39.6. The van der Waals surface area contributed by atoms with Crippen LogP contribution in [0.2, 0.25) is 0 Å². The Kier molecular flexibility index (Phi) is 8.13. The van der Waals surface area contributed by atoms with E-state index < -0.39 is 0 Å². The molecule has 0 amide bonds. The van der Waals surface area contributed by atoms with Crippen molar-refractivity contribution in [1.29, 1.82) is 0 Å². The van der Waals surface area contributed by atoms with Gasteiger partial charge in [0.2, 0.25) is 0 Å². The maximum Gasteiger partial charge on any atom is 0.164 e. The van der Waals surface area contributed by atoms with Crippen LogP contribution >= 0.6 is 11.3 Å². The average molecular weight is 786 g/mol. The van der Waals surface area contributed by atoms with E-state index >= 15 is 0 Å². The molecule has 3 heterocycles. The first kappa shape index (κ1) is 34.6. The fourth-order valence-electron chi connectivity index (χ4n) is 8.80. The zero-order valence-electron chi connectivity index (χ0n) is 32.5. The summed E-state index contributed by atoms with van der Waals surface area (Å²) in [6.07, 6.45) is 4.19. The first-order valence-electron chi connectivity index (χ1n) is 20.4. The van der Waals surface area contributed by atoms with Crippen LogP contribution in [0.3, 0.4) is 0 Å². The molecule has 1 aliphatic carbocycles. The molecule has 0 fully saturated rings. The molecule has 4 nitrogen and oxygen atoms in total. The predicted octanol–water partition coefficient (Wildman–Crippen LogP) is 15.0. The number of hydrogen-bond acceptors (Lipinski definition) is 5. The van der Waals surface area contributed by atoms with Gasteiger partial charge in [0, 0.05) is 54.2 Å². The lowest BCUT2D eigenvalue weighted by Gasteiger charge is -2.14. The molecule has 1 aliphatic rings. The Morgan fingerprint density at radius 3 is 1.82 bits per heavy atom. The van der Waals surface area contributed by atoms with E-state index in [1.165, 1.54) is 42.4 Å². The van der Waals surface area contributed by atoms with Crippen molar-refractivity contribution in [3.8, 4) is 56.4 Å². The van der Waals surface area contributed by atoms with Crippen LogP contribution in [0.5, 0.6) is 0 Å². The van der Waals surface area contributed by atoms with Gasteiger partial charge in [-0.3, -0.25) is 0 Å². The van der Waals surface area contributed by atoms with Crippen LogP contribution in [0.1, 0.15) is 23.3 Å². The van der Waals surface area contributed by atoms with Gasteiger partial charge in [0.15, 0.2) is 17.5 Å². The Bertz CT molecular complexity index is 3470. The number of furan rings is 1. The molecule has 0 aliphatic heterocycles. The molecule has 0 saturated heterocycles. The largest absolute Gasteiger partial charge is 0.460 e. The third-order valence-electron chi connectivity index (χ3n) is 11.8. The summed E-state index contributed by atoms with van der Waals surface area (Å²) in [5.74, 6) is 2.98. The highest BCUT2D eigenvalue weighted by Crippen LogP contribution is 2.42. The van der Waals surface area contributed by atoms with E-state index in [1.807, 2.05) is 6.07 Å². The Balaban J connectivity index is 0.978. The molecule has 0 bridgehead atoms. The Hall–Kier alpha value is -7.47. The van der Waals surface area contributed by atoms with Gasteiger partial charge in [-0.15, -0.1) is 11.3 Å². The van der Waals surface area contributed by atoms with Crippen molar-refractivity contribution in [1.82, 2.24) is 15.0 Å². The minimum Gasteiger partial charge on any atom is -0.460 e. The molecule has 0 unspecified atom stereocenters. The molecule has 60 heavy (non-hydrogen) atoms. The van der Waals surface area contributed by atoms with Gasteiger partial charge in [0.1, 0.15) is 11.3 Å². The molecular weight excluding hydrogens is 751 g/mol. The first-order valence-corrected chi connectivity index (χ1v) is 21.2. The average Bonchev–Trinajstić information content (AvgIpc) is 3.89. The number of fused-ring (bicyclic) bond motifs is 7. The van der Waals surface area contributed by atoms with Crippen LogP contribution < -0.4 is 0 Å². The van der Waals surface area contributed by atoms with Crippen LogP contribution in [0.4, 0.5) is 0 Å². The summed E-state index contributed by atoms with van der Waals surface area (Å²) in [5.41, 5.74) is 12.2. The van der Waals surface area contributed by atoms with Gasteiger partial charge in [0.25, 0.3) is 0 Å². The van der Waals surface area contributed by atoms with Gasteiger partial charge < -0.3 is 4.42 Å². The van der Waals surface area contributed by atoms with Gasteiger partial charge in [-0.2, -0.15) is 0 Å². The van der Waals surface area contributed by atoms with E-state index in [1.54, 1.807) is 11.3 Å². The molecule has 11 aromatic rings. The van der Waals surface area contributed by atoms with Gasteiger partial charge >= 0.3 is 0 Å². The quantitative estimate of drug-likeness (QED) is 0.168. The Morgan fingerprint density at radius 2 is 1.02 bits per heavy atom. The van der Waals surface area contributed by atoms with Gasteiger partial charge in [-0.05, 0) is 87.0 Å². The second kappa shape index (κ2) is 14.1. The van der Waals surface area contributed by atoms with Crippen molar-refractivity contribution in [2.24, 2.45) is 0 Å². The number of benzene rings is 8. The molecule has 0 radical (unpaired) electrons. The molecule has 0 saturated carbocycles. The van der Waals surface area contributed by atoms with Crippen molar-refractivity contribution < 1.29 is 4.42 Å². The molecule has 0 N–H and O–H groups in total. The SMILES string of the molecule is C1=C(c2ccccc2)CCc2oc3cccc(-c4ccc5ccc(-c6nc(-c7ccc(-c8ccccc8)cc7)nc(-c7ccc8c(c7)sc7ccccc78)n6)cc5c4)c3c21. The number of allylic oxidation sites excluding steroid dienone is 1. The smallest absolute Gasteiger partial charge is 0.164 e. The van der Waals surface area contributed by atoms with Crippen molar-refractivity contribution in [2.75, 3.05) is 0 Å². The molecule has 0 spiro atoms. The lowest BCUT2D eigenvalue weighted by atomic mass is 9.89. The monoisotopic (exact) mass is 785 g/mol.